The van der Waals surface area contributed by atoms with E-state index >= 15 is 0 Å². The quantitative estimate of drug-likeness (QED) is 0.699. The molecule has 2 atom stereocenters. The lowest BCUT2D eigenvalue weighted by Crippen LogP contribution is -2.38. The van der Waals surface area contributed by atoms with Crippen molar-refractivity contribution in [1.82, 2.24) is 5.32 Å². The van der Waals surface area contributed by atoms with Gasteiger partial charge in [0.1, 0.15) is 0 Å². The normalized spacial score (nSPS) is 15.3. The molecule has 0 aliphatic heterocycles. The van der Waals surface area contributed by atoms with Crippen LogP contribution in [0.15, 0.2) is 0 Å². The lowest BCUT2D eigenvalue weighted by atomic mass is 10.1. The minimum absolute atomic E-state index is 0.0898. The highest BCUT2D eigenvalue weighted by Crippen LogP contribution is 2.04. The van der Waals surface area contributed by atoms with Crippen LogP contribution in [0.25, 0.3) is 0 Å². The zero-order chi connectivity index (χ0) is 9.56. The molecule has 0 saturated carbocycles. The number of carbonyl (C=O) groups is 1. The Morgan fingerprint density at radius 2 is 2.17 bits per heavy atom. The Hall–Kier alpha value is 0.110. The van der Waals surface area contributed by atoms with Gasteiger partial charge in [0.25, 0.3) is 0 Å². The summed E-state index contributed by atoms with van der Waals surface area (Å²) in [6.07, 6.45) is 1.91. The summed E-state index contributed by atoms with van der Waals surface area (Å²) in [6.45, 7) is 4.00. The highest BCUT2D eigenvalue weighted by molar-refractivity contribution is 7.99. The molecule has 0 aromatic carbocycles. The van der Waals surface area contributed by atoms with E-state index in [1.165, 1.54) is 11.8 Å². The SMILES string of the molecule is CSCC(=O)NC(C)C(C)CCl. The van der Waals surface area contributed by atoms with Crippen LogP contribution in [-0.4, -0.2) is 29.8 Å². The van der Waals surface area contributed by atoms with Gasteiger partial charge in [-0.2, -0.15) is 11.8 Å². The lowest BCUT2D eigenvalue weighted by molar-refractivity contribution is -0.119. The highest BCUT2D eigenvalue weighted by Gasteiger charge is 2.12. The topological polar surface area (TPSA) is 29.1 Å². The molecule has 0 bridgehead atoms. The summed E-state index contributed by atoms with van der Waals surface area (Å²) in [7, 11) is 0. The molecule has 4 heteroatoms. The molecule has 0 aromatic heterocycles. The van der Waals surface area contributed by atoms with Gasteiger partial charge in [-0.15, -0.1) is 11.6 Å². The van der Waals surface area contributed by atoms with E-state index in [0.717, 1.165) is 0 Å². The van der Waals surface area contributed by atoms with E-state index in [-0.39, 0.29) is 11.9 Å². The zero-order valence-corrected chi connectivity index (χ0v) is 9.34. The Bertz CT molecular complexity index is 143. The molecule has 0 aromatic rings. The van der Waals surface area contributed by atoms with Gasteiger partial charge in [-0.25, -0.2) is 0 Å². The van der Waals surface area contributed by atoms with Crippen LogP contribution in [0.5, 0.6) is 0 Å². The van der Waals surface area contributed by atoms with Gasteiger partial charge in [0.2, 0.25) is 5.91 Å². The summed E-state index contributed by atoms with van der Waals surface area (Å²) in [6, 6.07) is 0.169. The maximum Gasteiger partial charge on any atom is 0.230 e. The summed E-state index contributed by atoms with van der Waals surface area (Å²) in [5.74, 6) is 1.53. The largest absolute Gasteiger partial charge is 0.353 e. The van der Waals surface area contributed by atoms with E-state index in [2.05, 4.69) is 5.32 Å². The Balaban J connectivity index is 3.67. The van der Waals surface area contributed by atoms with Crippen LogP contribution < -0.4 is 5.32 Å². The van der Waals surface area contributed by atoms with Gasteiger partial charge in [-0.1, -0.05) is 6.92 Å². The summed E-state index contributed by atoms with van der Waals surface area (Å²) >= 11 is 7.18. The first-order valence-corrected chi connectivity index (χ1v) is 5.89. The van der Waals surface area contributed by atoms with E-state index in [1.54, 1.807) is 0 Å². The first-order chi connectivity index (χ1) is 5.61. The molecule has 0 saturated heterocycles. The lowest BCUT2D eigenvalue weighted by Gasteiger charge is -2.18. The molecule has 0 heterocycles. The molecule has 72 valence electrons. The molecule has 0 radical (unpaired) electrons. The highest BCUT2D eigenvalue weighted by atomic mass is 35.5. The van der Waals surface area contributed by atoms with Crippen LogP contribution in [0.1, 0.15) is 13.8 Å². The van der Waals surface area contributed by atoms with E-state index in [1.807, 2.05) is 20.1 Å². The van der Waals surface area contributed by atoms with Crippen molar-refractivity contribution in [2.75, 3.05) is 17.9 Å². The van der Waals surface area contributed by atoms with Crippen molar-refractivity contribution >= 4 is 29.3 Å². The molecule has 12 heavy (non-hydrogen) atoms. The van der Waals surface area contributed by atoms with Crippen molar-refractivity contribution in [1.29, 1.82) is 0 Å². The fourth-order valence-electron chi connectivity index (χ4n) is 0.703. The molecule has 1 N–H and O–H groups in total. The number of hydrogen-bond donors (Lipinski definition) is 1. The summed E-state index contributed by atoms with van der Waals surface area (Å²) in [5, 5.41) is 2.89. The van der Waals surface area contributed by atoms with Crippen molar-refractivity contribution < 1.29 is 4.79 Å². The predicted molar refractivity (Wildman–Crippen MR) is 55.9 cm³/mol. The number of amides is 1. The van der Waals surface area contributed by atoms with Gasteiger partial charge in [0, 0.05) is 11.9 Å². The van der Waals surface area contributed by atoms with Gasteiger partial charge in [0.15, 0.2) is 0 Å². The first-order valence-electron chi connectivity index (χ1n) is 3.96. The molecular formula is C8H16ClNOS. The number of thioether (sulfide) groups is 1. The number of hydrogen-bond acceptors (Lipinski definition) is 2. The van der Waals surface area contributed by atoms with E-state index in [9.17, 15) is 4.79 Å². The standard InChI is InChI=1S/C8H16ClNOS/c1-6(4-9)7(2)10-8(11)5-12-3/h6-7H,4-5H2,1-3H3,(H,10,11). The van der Waals surface area contributed by atoms with Crippen molar-refractivity contribution in [2.24, 2.45) is 5.92 Å². The van der Waals surface area contributed by atoms with Crippen LogP contribution in [-0.2, 0) is 4.79 Å². The van der Waals surface area contributed by atoms with Crippen LogP contribution >= 0.6 is 23.4 Å². The van der Waals surface area contributed by atoms with Gasteiger partial charge in [-0.05, 0) is 19.1 Å². The van der Waals surface area contributed by atoms with Crippen molar-refractivity contribution in [2.45, 2.75) is 19.9 Å². The molecule has 0 fully saturated rings. The fourth-order valence-corrected chi connectivity index (χ4v) is 1.32. The second-order valence-corrected chi connectivity index (χ2v) is 4.10. The second-order valence-electron chi connectivity index (χ2n) is 2.92. The molecular weight excluding hydrogens is 194 g/mol. The maximum atomic E-state index is 11.1. The fraction of sp³-hybridized carbons (Fsp3) is 0.875. The van der Waals surface area contributed by atoms with Crippen molar-refractivity contribution in [3.05, 3.63) is 0 Å². The number of carbonyl (C=O) groups excluding carboxylic acids is 1. The Morgan fingerprint density at radius 1 is 1.58 bits per heavy atom. The Morgan fingerprint density at radius 3 is 2.58 bits per heavy atom. The molecule has 0 rings (SSSR count). The average molecular weight is 210 g/mol. The van der Waals surface area contributed by atoms with Gasteiger partial charge in [-0.3, -0.25) is 4.79 Å². The molecule has 0 spiro atoms. The Kier molecular flexibility index (Phi) is 6.67. The molecule has 0 aliphatic carbocycles. The molecule has 0 aliphatic rings. The average Bonchev–Trinajstić information content (AvgIpc) is 2.03. The predicted octanol–water partition coefficient (Wildman–Crippen LogP) is 1.73. The minimum atomic E-state index is 0.0898. The Labute approximate surface area is 83.4 Å². The van der Waals surface area contributed by atoms with Gasteiger partial charge >= 0.3 is 0 Å². The number of rotatable bonds is 5. The van der Waals surface area contributed by atoms with Crippen LogP contribution in [0, 0.1) is 5.92 Å². The van der Waals surface area contributed by atoms with Gasteiger partial charge in [0.05, 0.1) is 5.75 Å². The van der Waals surface area contributed by atoms with Gasteiger partial charge < -0.3 is 5.32 Å². The van der Waals surface area contributed by atoms with Crippen LogP contribution in [0.2, 0.25) is 0 Å². The van der Waals surface area contributed by atoms with Crippen LogP contribution in [0.3, 0.4) is 0 Å². The van der Waals surface area contributed by atoms with Crippen molar-refractivity contribution in [3.8, 4) is 0 Å². The third-order valence-corrected chi connectivity index (χ3v) is 2.80. The maximum absolute atomic E-state index is 11.1. The third kappa shape index (κ3) is 4.88. The third-order valence-electron chi connectivity index (χ3n) is 1.76. The summed E-state index contributed by atoms with van der Waals surface area (Å²) in [5.41, 5.74) is 0. The number of nitrogens with one attached hydrogen (secondary N) is 1. The first kappa shape index (κ1) is 12.1. The molecule has 2 nitrogen and oxygen atoms in total. The monoisotopic (exact) mass is 209 g/mol. The smallest absolute Gasteiger partial charge is 0.230 e. The van der Waals surface area contributed by atoms with E-state index in [0.29, 0.717) is 17.6 Å². The number of alkyl halides is 1. The van der Waals surface area contributed by atoms with E-state index in [4.69, 9.17) is 11.6 Å². The zero-order valence-electron chi connectivity index (χ0n) is 7.76. The number of halogens is 1. The summed E-state index contributed by atoms with van der Waals surface area (Å²) < 4.78 is 0. The second kappa shape index (κ2) is 6.61. The van der Waals surface area contributed by atoms with E-state index < -0.39 is 0 Å². The summed E-state index contributed by atoms with van der Waals surface area (Å²) in [4.78, 5) is 11.1. The minimum Gasteiger partial charge on any atom is -0.353 e. The molecule has 2 unspecified atom stereocenters. The molecule has 1 amide bonds. The van der Waals surface area contributed by atoms with Crippen LogP contribution in [0.4, 0.5) is 0 Å². The van der Waals surface area contributed by atoms with Crippen molar-refractivity contribution in [3.63, 3.8) is 0 Å².